The quantitative estimate of drug-likeness (QED) is 0.148. The molecule has 2 fully saturated rings. The van der Waals surface area contributed by atoms with Gasteiger partial charge in [0.1, 0.15) is 12.2 Å². The molecule has 0 saturated carbocycles. The number of nitrogens with one attached hydrogen (secondary N) is 3. The van der Waals surface area contributed by atoms with Crippen molar-refractivity contribution in [3.05, 3.63) is 83.9 Å². The van der Waals surface area contributed by atoms with Gasteiger partial charge in [-0.3, -0.25) is 19.1 Å². The number of amides is 2. The SMILES string of the molecule is CCNC(=O)[C@H]1O[C@@H](n2cnc3c(NCC(c4ccccc4)c4ccccc4)nc(C(=O)NCCN4CCOCC4)nc32)[C@H](O)[C@@H]1O. The van der Waals surface area contributed by atoms with Gasteiger partial charge in [-0.05, 0) is 18.1 Å². The van der Waals surface area contributed by atoms with Crippen LogP contribution in [0.15, 0.2) is 67.0 Å². The van der Waals surface area contributed by atoms with E-state index in [0.29, 0.717) is 50.7 Å². The number of imidazole rings is 1. The number of nitrogens with zero attached hydrogens (tertiary/aromatic N) is 5. The number of aliphatic hydroxyl groups is 2. The van der Waals surface area contributed by atoms with Gasteiger partial charge in [0.2, 0.25) is 5.82 Å². The minimum atomic E-state index is -1.48. The molecule has 5 N–H and O–H groups in total. The zero-order chi connectivity index (χ0) is 32.8. The Balaban J connectivity index is 1.31. The molecule has 4 heterocycles. The predicted octanol–water partition coefficient (Wildman–Crippen LogP) is 0.888. The molecule has 2 aromatic carbocycles. The van der Waals surface area contributed by atoms with Crippen molar-refractivity contribution in [1.29, 1.82) is 0 Å². The summed E-state index contributed by atoms with van der Waals surface area (Å²) >= 11 is 0. The number of morpholine rings is 1. The predicted molar refractivity (Wildman–Crippen MR) is 173 cm³/mol. The van der Waals surface area contributed by atoms with Gasteiger partial charge >= 0.3 is 0 Å². The zero-order valence-corrected chi connectivity index (χ0v) is 26.2. The second-order valence-corrected chi connectivity index (χ2v) is 11.5. The summed E-state index contributed by atoms with van der Waals surface area (Å²) in [6, 6.07) is 20.1. The van der Waals surface area contributed by atoms with Crippen LogP contribution in [0.3, 0.4) is 0 Å². The number of anilines is 1. The van der Waals surface area contributed by atoms with E-state index in [-0.39, 0.29) is 17.4 Å². The molecule has 0 bridgehead atoms. The summed E-state index contributed by atoms with van der Waals surface area (Å²) < 4.78 is 12.7. The molecule has 0 spiro atoms. The number of carbonyl (C=O) groups excluding carboxylic acids is 2. The number of ether oxygens (including phenoxy) is 2. The van der Waals surface area contributed by atoms with Gasteiger partial charge < -0.3 is 35.6 Å². The average Bonchev–Trinajstić information content (AvgIpc) is 3.66. The van der Waals surface area contributed by atoms with Gasteiger partial charge in [-0.25, -0.2) is 15.0 Å². The summed E-state index contributed by atoms with van der Waals surface area (Å²) in [5.74, 6) is -0.864. The molecule has 47 heavy (non-hydrogen) atoms. The van der Waals surface area contributed by atoms with E-state index in [1.165, 1.54) is 10.9 Å². The highest BCUT2D eigenvalue weighted by Crippen LogP contribution is 2.33. The first kappa shape index (κ1) is 32.5. The van der Waals surface area contributed by atoms with Gasteiger partial charge in [-0.15, -0.1) is 0 Å². The third-order valence-corrected chi connectivity index (χ3v) is 8.44. The average molecular weight is 645 g/mol. The zero-order valence-electron chi connectivity index (χ0n) is 26.2. The van der Waals surface area contributed by atoms with Crippen LogP contribution < -0.4 is 16.0 Å². The Kier molecular flexibility index (Phi) is 10.3. The topological polar surface area (TPSA) is 176 Å². The highest BCUT2D eigenvalue weighted by molar-refractivity contribution is 5.94. The molecule has 2 saturated heterocycles. The standard InChI is InChI=1S/C33H40N8O6/c1-2-34-31(44)27-25(42)26(43)33(47-27)41-20-37-24-28(36-19-23(21-9-5-3-6-10-21)22-11-7-4-8-12-22)38-29(39-30(24)41)32(45)35-13-14-40-15-17-46-18-16-40/h3-12,20,23,25-27,33,42-43H,2,13-19H2,1H3,(H,34,44)(H,35,45)(H,36,38,39)/t25-,26+,27-,33+/m0/s1. The molecule has 2 aromatic heterocycles. The van der Waals surface area contributed by atoms with Gasteiger partial charge in [0.25, 0.3) is 11.8 Å². The summed E-state index contributed by atoms with van der Waals surface area (Å²) in [5, 5.41) is 30.5. The third-order valence-electron chi connectivity index (χ3n) is 8.44. The van der Waals surface area contributed by atoms with Crippen molar-refractivity contribution in [2.75, 3.05) is 57.8 Å². The van der Waals surface area contributed by atoms with Crippen molar-refractivity contribution in [3.63, 3.8) is 0 Å². The first-order valence-electron chi connectivity index (χ1n) is 15.9. The van der Waals surface area contributed by atoms with Crippen molar-refractivity contribution in [1.82, 2.24) is 35.1 Å². The molecule has 248 valence electrons. The van der Waals surface area contributed by atoms with E-state index < -0.39 is 36.4 Å². The highest BCUT2D eigenvalue weighted by Gasteiger charge is 2.47. The van der Waals surface area contributed by atoms with Crippen LogP contribution in [0, 0.1) is 0 Å². The smallest absolute Gasteiger partial charge is 0.289 e. The summed E-state index contributed by atoms with van der Waals surface area (Å²) in [6.45, 7) is 6.44. The summed E-state index contributed by atoms with van der Waals surface area (Å²) in [5.41, 5.74) is 2.72. The molecule has 2 aliphatic heterocycles. The molecule has 2 aliphatic rings. The fourth-order valence-corrected chi connectivity index (χ4v) is 5.94. The number of rotatable bonds is 12. The normalized spacial score (nSPS) is 21.6. The molecule has 0 unspecified atom stereocenters. The molecule has 14 nitrogen and oxygen atoms in total. The van der Waals surface area contributed by atoms with E-state index in [9.17, 15) is 19.8 Å². The lowest BCUT2D eigenvalue weighted by Gasteiger charge is -2.26. The molecular formula is C33H40N8O6. The largest absolute Gasteiger partial charge is 0.387 e. The van der Waals surface area contributed by atoms with Crippen molar-refractivity contribution in [2.24, 2.45) is 0 Å². The van der Waals surface area contributed by atoms with Crippen LogP contribution in [-0.4, -0.2) is 117 Å². The van der Waals surface area contributed by atoms with Gasteiger partial charge in [-0.2, -0.15) is 0 Å². The maximum absolute atomic E-state index is 13.4. The number of fused-ring (bicyclic) bond motifs is 1. The molecule has 14 heteroatoms. The minimum Gasteiger partial charge on any atom is -0.387 e. The fraction of sp³-hybridized carbons (Fsp3) is 0.424. The number of benzene rings is 2. The van der Waals surface area contributed by atoms with Gasteiger partial charge in [0.05, 0.1) is 19.5 Å². The Morgan fingerprint density at radius 2 is 1.64 bits per heavy atom. The Bertz CT molecular complexity index is 1610. The molecule has 2 amide bonds. The van der Waals surface area contributed by atoms with Crippen LogP contribution in [0.4, 0.5) is 5.82 Å². The molecule has 4 aromatic rings. The molecule has 6 rings (SSSR count). The number of carbonyl (C=O) groups is 2. The lowest BCUT2D eigenvalue weighted by molar-refractivity contribution is -0.137. The number of likely N-dealkylation sites (N-methyl/N-ethyl adjacent to an activating group) is 1. The van der Waals surface area contributed by atoms with E-state index in [1.807, 2.05) is 36.4 Å². The first-order chi connectivity index (χ1) is 22.9. The maximum Gasteiger partial charge on any atom is 0.289 e. The Morgan fingerprint density at radius 1 is 0.957 bits per heavy atom. The Labute approximate surface area is 272 Å². The highest BCUT2D eigenvalue weighted by atomic mass is 16.6. The summed E-state index contributed by atoms with van der Waals surface area (Å²) in [4.78, 5) is 41.9. The maximum atomic E-state index is 13.4. The van der Waals surface area contributed by atoms with Gasteiger partial charge in [-0.1, -0.05) is 60.7 Å². The fourth-order valence-electron chi connectivity index (χ4n) is 5.94. The van der Waals surface area contributed by atoms with E-state index in [4.69, 9.17) is 9.47 Å². The minimum absolute atomic E-state index is 0.0525. The monoisotopic (exact) mass is 644 g/mol. The van der Waals surface area contributed by atoms with Crippen LogP contribution in [0.2, 0.25) is 0 Å². The van der Waals surface area contributed by atoms with Crippen molar-refractivity contribution in [3.8, 4) is 0 Å². The Morgan fingerprint density at radius 3 is 2.30 bits per heavy atom. The number of aliphatic hydroxyl groups excluding tert-OH is 2. The molecular weight excluding hydrogens is 604 g/mol. The lowest BCUT2D eigenvalue weighted by atomic mass is 9.91. The van der Waals surface area contributed by atoms with Crippen LogP contribution >= 0.6 is 0 Å². The number of aromatic nitrogens is 4. The van der Waals surface area contributed by atoms with Crippen molar-refractivity contribution >= 4 is 28.8 Å². The second kappa shape index (κ2) is 15.0. The van der Waals surface area contributed by atoms with Crippen LogP contribution in [0.5, 0.6) is 0 Å². The summed E-state index contributed by atoms with van der Waals surface area (Å²) in [7, 11) is 0. The third kappa shape index (κ3) is 7.26. The van der Waals surface area contributed by atoms with E-state index in [2.05, 4.69) is 60.1 Å². The summed E-state index contributed by atoms with van der Waals surface area (Å²) in [6.07, 6.45) is -4.03. The Hall–Kier alpha value is -4.47. The number of hydrogen-bond acceptors (Lipinski definition) is 11. The first-order valence-corrected chi connectivity index (χ1v) is 15.9. The second-order valence-electron chi connectivity index (χ2n) is 11.5. The van der Waals surface area contributed by atoms with Gasteiger partial charge in [0, 0.05) is 45.2 Å². The van der Waals surface area contributed by atoms with Gasteiger partial charge in [0.15, 0.2) is 29.3 Å². The lowest BCUT2D eigenvalue weighted by Crippen LogP contribution is -2.42. The van der Waals surface area contributed by atoms with E-state index in [0.717, 1.165) is 24.2 Å². The molecule has 4 atom stereocenters. The van der Waals surface area contributed by atoms with Crippen LogP contribution in [0.25, 0.3) is 11.2 Å². The van der Waals surface area contributed by atoms with Crippen molar-refractivity contribution in [2.45, 2.75) is 37.4 Å². The van der Waals surface area contributed by atoms with Crippen molar-refractivity contribution < 1.29 is 29.3 Å². The molecule has 0 aliphatic carbocycles. The van der Waals surface area contributed by atoms with Crippen LogP contribution in [0.1, 0.15) is 40.8 Å². The van der Waals surface area contributed by atoms with E-state index in [1.54, 1.807) is 6.92 Å². The van der Waals surface area contributed by atoms with E-state index >= 15 is 0 Å². The molecule has 0 radical (unpaired) electrons. The number of hydrogen-bond donors (Lipinski definition) is 5. The van der Waals surface area contributed by atoms with Crippen LogP contribution in [-0.2, 0) is 14.3 Å².